The van der Waals surface area contributed by atoms with Crippen molar-refractivity contribution in [2.45, 2.75) is 13.8 Å². The van der Waals surface area contributed by atoms with Gasteiger partial charge in [0.05, 0.1) is 0 Å². The molecule has 0 unspecified atom stereocenters. The maximum absolute atomic E-state index is 12.7. The summed E-state index contributed by atoms with van der Waals surface area (Å²) in [6, 6.07) is 35.2. The molecule has 0 radical (unpaired) electrons. The van der Waals surface area contributed by atoms with Gasteiger partial charge in [-0.05, 0) is 73.5 Å². The molecule has 6 heteroatoms. The van der Waals surface area contributed by atoms with Crippen molar-refractivity contribution in [1.29, 1.82) is 0 Å². The number of nitrogens with zero attached hydrogens (tertiary/aromatic N) is 2. The highest BCUT2D eigenvalue weighted by atomic mass is 16.1. The van der Waals surface area contributed by atoms with Gasteiger partial charge in [-0.25, -0.2) is 4.98 Å². The summed E-state index contributed by atoms with van der Waals surface area (Å²) in [7, 11) is 0. The summed E-state index contributed by atoms with van der Waals surface area (Å²) in [6.07, 6.45) is 0. The Morgan fingerprint density at radius 1 is 0.622 bits per heavy atom. The van der Waals surface area contributed by atoms with E-state index in [0.717, 1.165) is 28.2 Å². The Labute approximate surface area is 216 Å². The van der Waals surface area contributed by atoms with Crippen LogP contribution in [0, 0.1) is 13.8 Å². The monoisotopic (exact) mass is 485 g/mol. The molecule has 0 aliphatic rings. The Morgan fingerprint density at radius 2 is 1.22 bits per heavy atom. The number of hydrogen-bond donors (Lipinski definition) is 3. The second-order valence-corrected chi connectivity index (χ2v) is 8.81. The summed E-state index contributed by atoms with van der Waals surface area (Å²) < 4.78 is 0. The molecule has 4 aromatic carbocycles. The van der Waals surface area contributed by atoms with E-state index in [0.29, 0.717) is 23.0 Å². The lowest BCUT2D eigenvalue weighted by Crippen LogP contribution is -2.11. The largest absolute Gasteiger partial charge is 0.340 e. The summed E-state index contributed by atoms with van der Waals surface area (Å²) in [5.74, 6) is 1.04. The number of aromatic nitrogens is 2. The van der Waals surface area contributed by atoms with E-state index in [1.54, 1.807) is 0 Å². The van der Waals surface area contributed by atoms with Gasteiger partial charge in [0, 0.05) is 34.4 Å². The number of amides is 1. The Balaban J connectivity index is 1.22. The molecule has 1 amide bonds. The number of hydrogen-bond acceptors (Lipinski definition) is 5. The normalized spacial score (nSPS) is 10.5. The molecule has 5 rings (SSSR count). The molecule has 0 atom stereocenters. The van der Waals surface area contributed by atoms with E-state index < -0.39 is 0 Å². The fourth-order valence-electron chi connectivity index (χ4n) is 3.89. The molecule has 37 heavy (non-hydrogen) atoms. The smallest absolute Gasteiger partial charge is 0.255 e. The van der Waals surface area contributed by atoms with Gasteiger partial charge < -0.3 is 16.0 Å². The van der Waals surface area contributed by atoms with Crippen molar-refractivity contribution in [2.24, 2.45) is 0 Å². The van der Waals surface area contributed by atoms with Gasteiger partial charge in [0.15, 0.2) is 0 Å². The number of aryl methyl sites for hydroxylation is 2. The third-order valence-corrected chi connectivity index (χ3v) is 5.83. The van der Waals surface area contributed by atoms with E-state index in [9.17, 15) is 4.79 Å². The molecule has 0 bridgehead atoms. The third-order valence-electron chi connectivity index (χ3n) is 5.83. The van der Waals surface area contributed by atoms with Crippen LogP contribution < -0.4 is 16.0 Å². The lowest BCUT2D eigenvalue weighted by atomic mass is 10.0. The fourth-order valence-corrected chi connectivity index (χ4v) is 3.89. The van der Waals surface area contributed by atoms with Crippen LogP contribution in [0.1, 0.15) is 21.6 Å². The number of carbonyl (C=O) groups excluding carboxylic acids is 1. The average molecular weight is 486 g/mol. The van der Waals surface area contributed by atoms with E-state index in [4.69, 9.17) is 0 Å². The minimum absolute atomic E-state index is 0.158. The first-order valence-corrected chi connectivity index (χ1v) is 12.1. The molecule has 5 aromatic rings. The predicted octanol–water partition coefficient (Wildman–Crippen LogP) is 7.50. The van der Waals surface area contributed by atoms with Gasteiger partial charge in [0.25, 0.3) is 5.91 Å². The van der Waals surface area contributed by atoms with Crippen molar-refractivity contribution in [2.75, 3.05) is 16.0 Å². The molecular formula is C31H27N5O. The van der Waals surface area contributed by atoms with Crippen LogP contribution in [0.25, 0.3) is 11.1 Å². The molecule has 0 saturated heterocycles. The standard InChI is InChI=1S/C31H27N5O/c1-21-8-14-26(15-9-21)33-29-20-22(2)32-31(36-29)35-28-18-16-27(17-19-28)34-30(37)25-12-10-24(11-13-25)23-6-4-3-5-7-23/h3-20H,1-2H3,(H,34,37)(H2,32,33,35,36). The van der Waals surface area contributed by atoms with E-state index in [1.165, 1.54) is 5.56 Å². The Bertz CT molecular complexity index is 1500. The highest BCUT2D eigenvalue weighted by Crippen LogP contribution is 2.22. The highest BCUT2D eigenvalue weighted by Gasteiger charge is 2.08. The highest BCUT2D eigenvalue weighted by molar-refractivity contribution is 6.04. The Morgan fingerprint density at radius 3 is 1.92 bits per heavy atom. The van der Waals surface area contributed by atoms with Crippen molar-refractivity contribution in [3.63, 3.8) is 0 Å². The van der Waals surface area contributed by atoms with Crippen molar-refractivity contribution in [3.05, 3.63) is 126 Å². The van der Waals surface area contributed by atoms with Crippen molar-refractivity contribution in [1.82, 2.24) is 9.97 Å². The van der Waals surface area contributed by atoms with Crippen LogP contribution in [0.5, 0.6) is 0 Å². The summed E-state index contributed by atoms with van der Waals surface area (Å²) in [5, 5.41) is 9.51. The van der Waals surface area contributed by atoms with Crippen molar-refractivity contribution in [3.8, 4) is 11.1 Å². The van der Waals surface area contributed by atoms with Gasteiger partial charge >= 0.3 is 0 Å². The van der Waals surface area contributed by atoms with Crippen molar-refractivity contribution < 1.29 is 4.79 Å². The second-order valence-electron chi connectivity index (χ2n) is 8.81. The minimum atomic E-state index is -0.158. The number of nitrogens with one attached hydrogen (secondary N) is 3. The molecule has 1 aromatic heterocycles. The van der Waals surface area contributed by atoms with Crippen LogP contribution in [0.4, 0.5) is 28.8 Å². The molecule has 0 aliphatic heterocycles. The minimum Gasteiger partial charge on any atom is -0.340 e. The first-order valence-electron chi connectivity index (χ1n) is 12.1. The summed E-state index contributed by atoms with van der Waals surface area (Å²) >= 11 is 0. The van der Waals surface area contributed by atoms with Gasteiger partial charge in [-0.2, -0.15) is 4.98 Å². The van der Waals surface area contributed by atoms with Crippen LogP contribution in [-0.2, 0) is 0 Å². The van der Waals surface area contributed by atoms with Gasteiger partial charge in [-0.15, -0.1) is 0 Å². The van der Waals surface area contributed by atoms with Crippen LogP contribution in [0.2, 0.25) is 0 Å². The van der Waals surface area contributed by atoms with Gasteiger partial charge in [-0.1, -0.05) is 60.2 Å². The summed E-state index contributed by atoms with van der Waals surface area (Å²) in [4.78, 5) is 21.8. The molecule has 0 spiro atoms. The zero-order chi connectivity index (χ0) is 25.6. The molecule has 1 heterocycles. The molecule has 0 saturated carbocycles. The fraction of sp³-hybridized carbons (Fsp3) is 0.0645. The third kappa shape index (κ3) is 6.18. The van der Waals surface area contributed by atoms with E-state index >= 15 is 0 Å². The van der Waals surface area contributed by atoms with Gasteiger partial charge in [-0.3, -0.25) is 4.79 Å². The van der Waals surface area contributed by atoms with Gasteiger partial charge in [0.1, 0.15) is 5.82 Å². The zero-order valence-electron chi connectivity index (χ0n) is 20.7. The number of anilines is 5. The SMILES string of the molecule is Cc1ccc(Nc2cc(C)nc(Nc3ccc(NC(=O)c4ccc(-c5ccccc5)cc4)cc3)n2)cc1. The van der Waals surface area contributed by atoms with Crippen molar-refractivity contribution >= 4 is 34.7 Å². The second kappa shape index (κ2) is 10.7. The predicted molar refractivity (Wildman–Crippen MR) is 151 cm³/mol. The van der Waals surface area contributed by atoms with E-state index in [-0.39, 0.29) is 5.91 Å². The number of rotatable bonds is 7. The van der Waals surface area contributed by atoms with Gasteiger partial charge in [0.2, 0.25) is 5.95 Å². The lowest BCUT2D eigenvalue weighted by molar-refractivity contribution is 0.102. The van der Waals surface area contributed by atoms with Crippen LogP contribution in [0.15, 0.2) is 109 Å². The summed E-state index contributed by atoms with van der Waals surface area (Å²) in [6.45, 7) is 3.98. The maximum atomic E-state index is 12.7. The average Bonchev–Trinajstić information content (AvgIpc) is 2.91. The Hall–Kier alpha value is -4.97. The molecular weight excluding hydrogens is 458 g/mol. The summed E-state index contributed by atoms with van der Waals surface area (Å²) in [5.41, 5.74) is 7.32. The molecule has 0 fully saturated rings. The van der Waals surface area contributed by atoms with E-state index in [2.05, 4.69) is 45.0 Å². The lowest BCUT2D eigenvalue weighted by Gasteiger charge is -2.11. The van der Waals surface area contributed by atoms with Crippen LogP contribution in [-0.4, -0.2) is 15.9 Å². The Kier molecular flexibility index (Phi) is 6.90. The molecule has 6 nitrogen and oxygen atoms in total. The quantitative estimate of drug-likeness (QED) is 0.222. The molecule has 182 valence electrons. The topological polar surface area (TPSA) is 78.9 Å². The van der Waals surface area contributed by atoms with E-state index in [1.807, 2.05) is 104 Å². The van der Waals surface area contributed by atoms with Crippen LogP contribution in [0.3, 0.4) is 0 Å². The first-order chi connectivity index (χ1) is 18.0. The zero-order valence-corrected chi connectivity index (χ0v) is 20.7. The molecule has 0 aliphatic carbocycles. The number of benzene rings is 4. The maximum Gasteiger partial charge on any atom is 0.255 e. The number of carbonyl (C=O) groups is 1. The van der Waals surface area contributed by atoms with Crippen LogP contribution >= 0.6 is 0 Å². The first kappa shape index (κ1) is 23.8. The molecule has 3 N–H and O–H groups in total.